The van der Waals surface area contributed by atoms with E-state index in [2.05, 4.69) is 20.3 Å². The molecule has 1 aromatic carbocycles. The van der Waals surface area contributed by atoms with Crippen LogP contribution in [0.2, 0.25) is 5.02 Å². The van der Waals surface area contributed by atoms with Gasteiger partial charge in [-0.3, -0.25) is 0 Å². The van der Waals surface area contributed by atoms with Crippen molar-refractivity contribution >= 4 is 28.4 Å². The zero-order chi connectivity index (χ0) is 9.54. The Kier molecular flexibility index (Phi) is 1.43. The summed E-state index contributed by atoms with van der Waals surface area (Å²) in [6.45, 7) is 0. The van der Waals surface area contributed by atoms with E-state index in [-0.39, 0.29) is 0 Å². The molecule has 0 radical (unpaired) electrons. The monoisotopic (exact) mass is 205 g/mol. The van der Waals surface area contributed by atoms with Gasteiger partial charge >= 0.3 is 0 Å². The molecule has 0 aliphatic heterocycles. The van der Waals surface area contributed by atoms with Gasteiger partial charge in [-0.25, -0.2) is 4.98 Å². The summed E-state index contributed by atoms with van der Waals surface area (Å²) in [7, 11) is 0. The standard InChI is InChI=1S/C8H4ClN5/c9-5-1-2-6-7(3-5)13-14-4-10-12-8(14)11-6/h1-4H. The predicted octanol–water partition coefficient (Wildman–Crippen LogP) is 1.33. The maximum atomic E-state index is 5.84. The Morgan fingerprint density at radius 2 is 2.14 bits per heavy atom. The highest BCUT2D eigenvalue weighted by Crippen LogP contribution is 2.15. The van der Waals surface area contributed by atoms with E-state index in [9.17, 15) is 0 Å². The molecule has 0 saturated heterocycles. The smallest absolute Gasteiger partial charge is 0.208 e. The van der Waals surface area contributed by atoms with E-state index in [0.29, 0.717) is 10.8 Å². The first-order valence-corrected chi connectivity index (χ1v) is 4.34. The van der Waals surface area contributed by atoms with Gasteiger partial charge in [-0.2, -0.15) is 9.61 Å². The molecule has 14 heavy (non-hydrogen) atoms. The van der Waals surface area contributed by atoms with Crippen molar-refractivity contribution in [2.24, 2.45) is 0 Å². The summed E-state index contributed by atoms with van der Waals surface area (Å²) in [5.41, 5.74) is 1.49. The molecular formula is C8H4ClN5. The summed E-state index contributed by atoms with van der Waals surface area (Å²) >= 11 is 5.84. The molecule has 0 spiro atoms. The highest BCUT2D eigenvalue weighted by atomic mass is 35.5. The van der Waals surface area contributed by atoms with Crippen molar-refractivity contribution in [1.82, 2.24) is 24.8 Å². The number of aromatic nitrogens is 5. The van der Waals surface area contributed by atoms with E-state index in [0.717, 1.165) is 11.0 Å². The maximum Gasteiger partial charge on any atom is 0.272 e. The van der Waals surface area contributed by atoms with Crippen LogP contribution < -0.4 is 0 Å². The third kappa shape index (κ3) is 1.03. The molecule has 68 valence electrons. The van der Waals surface area contributed by atoms with E-state index < -0.39 is 0 Å². The fourth-order valence-corrected chi connectivity index (χ4v) is 1.43. The fourth-order valence-electron chi connectivity index (χ4n) is 1.26. The molecule has 0 bridgehead atoms. The van der Waals surface area contributed by atoms with Gasteiger partial charge < -0.3 is 0 Å². The van der Waals surface area contributed by atoms with E-state index >= 15 is 0 Å². The van der Waals surface area contributed by atoms with E-state index in [4.69, 9.17) is 11.6 Å². The van der Waals surface area contributed by atoms with Crippen molar-refractivity contribution in [2.45, 2.75) is 0 Å². The zero-order valence-corrected chi connectivity index (χ0v) is 7.68. The molecular weight excluding hydrogens is 202 g/mol. The van der Waals surface area contributed by atoms with Crippen molar-refractivity contribution < 1.29 is 0 Å². The van der Waals surface area contributed by atoms with Crippen LogP contribution in [0.15, 0.2) is 24.5 Å². The number of hydrogen-bond donors (Lipinski definition) is 0. The van der Waals surface area contributed by atoms with Gasteiger partial charge in [0.25, 0.3) is 5.78 Å². The molecule has 0 atom stereocenters. The molecule has 3 rings (SSSR count). The minimum absolute atomic E-state index is 0.486. The minimum atomic E-state index is 0.486. The highest BCUT2D eigenvalue weighted by Gasteiger charge is 2.02. The maximum absolute atomic E-state index is 5.84. The van der Waals surface area contributed by atoms with Crippen LogP contribution in [0.1, 0.15) is 0 Å². The average molecular weight is 206 g/mol. The number of fused-ring (bicyclic) bond motifs is 2. The molecule has 0 saturated carbocycles. The molecule has 0 amide bonds. The van der Waals surface area contributed by atoms with E-state index in [1.54, 1.807) is 18.2 Å². The third-order valence-corrected chi connectivity index (χ3v) is 2.12. The Balaban J connectivity index is 2.50. The van der Waals surface area contributed by atoms with E-state index in [1.165, 1.54) is 10.8 Å². The molecule has 0 aliphatic rings. The van der Waals surface area contributed by atoms with Crippen molar-refractivity contribution in [1.29, 1.82) is 0 Å². The molecule has 2 heterocycles. The van der Waals surface area contributed by atoms with E-state index in [1.807, 2.05) is 0 Å². The van der Waals surface area contributed by atoms with Gasteiger partial charge in [-0.05, 0) is 18.2 Å². The van der Waals surface area contributed by atoms with Gasteiger partial charge in [0.05, 0.1) is 5.52 Å². The molecule has 2 aromatic heterocycles. The van der Waals surface area contributed by atoms with Crippen LogP contribution in [-0.2, 0) is 0 Å². The summed E-state index contributed by atoms with van der Waals surface area (Å²) in [5.74, 6) is 0.486. The van der Waals surface area contributed by atoms with Crippen LogP contribution in [0, 0.1) is 0 Å². The first-order chi connectivity index (χ1) is 6.83. The van der Waals surface area contributed by atoms with Gasteiger partial charge in [0.15, 0.2) is 0 Å². The lowest BCUT2D eigenvalue weighted by Gasteiger charge is -1.96. The molecule has 3 aromatic rings. The lowest BCUT2D eigenvalue weighted by atomic mass is 10.3. The van der Waals surface area contributed by atoms with Gasteiger partial charge in [0.1, 0.15) is 11.8 Å². The quantitative estimate of drug-likeness (QED) is 0.556. The van der Waals surface area contributed by atoms with Gasteiger partial charge in [-0.1, -0.05) is 11.6 Å². The number of nitrogens with zero attached hydrogens (tertiary/aromatic N) is 5. The Morgan fingerprint density at radius 3 is 3.07 bits per heavy atom. The summed E-state index contributed by atoms with van der Waals surface area (Å²) in [4.78, 5) is 4.25. The molecule has 0 N–H and O–H groups in total. The van der Waals surface area contributed by atoms with Gasteiger partial charge in [0, 0.05) is 5.02 Å². The Hall–Kier alpha value is -1.75. The van der Waals surface area contributed by atoms with Crippen LogP contribution >= 0.6 is 11.6 Å². The summed E-state index contributed by atoms with van der Waals surface area (Å²) in [5, 5.41) is 12.4. The SMILES string of the molecule is Clc1ccc2nc3nncn3nc2c1. The van der Waals surface area contributed by atoms with Crippen molar-refractivity contribution in [3.8, 4) is 0 Å². The molecule has 0 unspecified atom stereocenters. The Morgan fingerprint density at radius 1 is 1.21 bits per heavy atom. The molecule has 0 fully saturated rings. The first-order valence-electron chi connectivity index (χ1n) is 3.96. The van der Waals surface area contributed by atoms with Crippen molar-refractivity contribution in [3.05, 3.63) is 29.5 Å². The van der Waals surface area contributed by atoms with Crippen LogP contribution in [0.25, 0.3) is 16.8 Å². The lowest BCUT2D eigenvalue weighted by molar-refractivity contribution is 0.936. The topological polar surface area (TPSA) is 56.0 Å². The van der Waals surface area contributed by atoms with Crippen LogP contribution in [0.3, 0.4) is 0 Å². The molecule has 5 nitrogen and oxygen atoms in total. The third-order valence-electron chi connectivity index (χ3n) is 1.89. The summed E-state index contributed by atoms with van der Waals surface area (Å²) < 4.78 is 1.51. The second-order valence-electron chi connectivity index (χ2n) is 2.82. The Labute approximate surface area is 83.3 Å². The molecule has 6 heteroatoms. The van der Waals surface area contributed by atoms with Gasteiger partial charge in [0.2, 0.25) is 0 Å². The Bertz CT molecular complexity index is 617. The number of rotatable bonds is 0. The summed E-state index contributed by atoms with van der Waals surface area (Å²) in [6, 6.07) is 5.33. The second-order valence-corrected chi connectivity index (χ2v) is 3.26. The molecule has 0 aliphatic carbocycles. The predicted molar refractivity (Wildman–Crippen MR) is 51.1 cm³/mol. The van der Waals surface area contributed by atoms with Gasteiger partial charge in [-0.15, -0.1) is 10.2 Å². The average Bonchev–Trinajstić information content (AvgIpc) is 2.61. The minimum Gasteiger partial charge on any atom is -0.208 e. The van der Waals surface area contributed by atoms with Crippen LogP contribution in [-0.4, -0.2) is 24.8 Å². The van der Waals surface area contributed by atoms with Crippen LogP contribution in [0.5, 0.6) is 0 Å². The zero-order valence-electron chi connectivity index (χ0n) is 6.92. The normalized spacial score (nSPS) is 11.2. The largest absolute Gasteiger partial charge is 0.272 e. The summed E-state index contributed by atoms with van der Waals surface area (Å²) in [6.07, 6.45) is 1.50. The van der Waals surface area contributed by atoms with Crippen molar-refractivity contribution in [3.63, 3.8) is 0 Å². The fraction of sp³-hybridized carbons (Fsp3) is 0. The van der Waals surface area contributed by atoms with Crippen molar-refractivity contribution in [2.75, 3.05) is 0 Å². The second kappa shape index (κ2) is 2.62. The first kappa shape index (κ1) is 7.64. The van der Waals surface area contributed by atoms with Crippen LogP contribution in [0.4, 0.5) is 0 Å². The number of halogens is 1. The number of benzene rings is 1. The lowest BCUT2D eigenvalue weighted by Crippen LogP contribution is -1.94. The highest BCUT2D eigenvalue weighted by molar-refractivity contribution is 6.31. The number of hydrogen-bond acceptors (Lipinski definition) is 4.